The fourth-order valence-electron chi connectivity index (χ4n) is 1.77. The molecule has 1 N–H and O–H groups in total. The van der Waals surface area contributed by atoms with Gasteiger partial charge in [-0.25, -0.2) is 4.79 Å². The number of aromatic nitrogens is 2. The van der Waals surface area contributed by atoms with Crippen LogP contribution in [0.1, 0.15) is 21.6 Å². The number of benzene rings is 1. The van der Waals surface area contributed by atoms with Crippen LogP contribution in [-0.4, -0.2) is 20.9 Å². The van der Waals surface area contributed by atoms with Crippen LogP contribution in [0.5, 0.6) is 5.75 Å². The number of nitrogens with zero attached hydrogens (tertiary/aromatic N) is 2. The Morgan fingerprint density at radius 1 is 1.33 bits per heavy atom. The molecule has 8 heteroatoms. The van der Waals surface area contributed by atoms with Crippen molar-refractivity contribution in [2.45, 2.75) is 12.8 Å². The summed E-state index contributed by atoms with van der Waals surface area (Å²) in [4.78, 5) is 11.0. The number of aryl methyl sites for hydroxylation is 1. The summed E-state index contributed by atoms with van der Waals surface area (Å²) in [5, 5.41) is 12.8. The van der Waals surface area contributed by atoms with Crippen molar-refractivity contribution in [2.75, 3.05) is 0 Å². The molecule has 0 saturated heterocycles. The number of halogens is 3. The van der Waals surface area contributed by atoms with Gasteiger partial charge in [0.2, 0.25) is 0 Å². The van der Waals surface area contributed by atoms with E-state index in [1.165, 1.54) is 30.1 Å². The van der Waals surface area contributed by atoms with E-state index in [-0.39, 0.29) is 18.1 Å². The lowest BCUT2D eigenvalue weighted by atomic mass is 10.2. The third-order valence-electron chi connectivity index (χ3n) is 2.79. The lowest BCUT2D eigenvalue weighted by Gasteiger charge is -2.09. The third kappa shape index (κ3) is 3.33. The summed E-state index contributed by atoms with van der Waals surface area (Å²) in [5.41, 5.74) is -0.464. The number of carboxylic acid groups (broad SMARTS) is 1. The van der Waals surface area contributed by atoms with E-state index < -0.39 is 17.7 Å². The van der Waals surface area contributed by atoms with Gasteiger partial charge in [-0.3, -0.25) is 4.68 Å². The highest BCUT2D eigenvalue weighted by atomic mass is 19.4. The van der Waals surface area contributed by atoms with Crippen LogP contribution >= 0.6 is 0 Å². The van der Waals surface area contributed by atoms with Crippen LogP contribution in [0.4, 0.5) is 13.2 Å². The van der Waals surface area contributed by atoms with Gasteiger partial charge in [-0.2, -0.15) is 18.3 Å². The Hall–Kier alpha value is -2.51. The van der Waals surface area contributed by atoms with Gasteiger partial charge in [0, 0.05) is 12.6 Å². The molecule has 2 aromatic rings. The molecule has 0 fully saturated rings. The summed E-state index contributed by atoms with van der Waals surface area (Å²) in [6.07, 6.45) is -3.06. The molecule has 2 rings (SSSR count). The highest BCUT2D eigenvalue weighted by molar-refractivity contribution is 5.87. The molecule has 1 aromatic heterocycles. The minimum Gasteiger partial charge on any atom is -0.489 e. The lowest BCUT2D eigenvalue weighted by Crippen LogP contribution is -2.09. The fraction of sp³-hybridized carbons (Fsp3) is 0.231. The Labute approximate surface area is 117 Å². The molecule has 0 saturated carbocycles. The van der Waals surface area contributed by atoms with Crippen LogP contribution in [0.25, 0.3) is 0 Å². The van der Waals surface area contributed by atoms with Crippen molar-refractivity contribution >= 4 is 5.97 Å². The van der Waals surface area contributed by atoms with E-state index in [9.17, 15) is 18.0 Å². The van der Waals surface area contributed by atoms with Gasteiger partial charge in [-0.15, -0.1) is 0 Å². The molecule has 1 aromatic carbocycles. The number of carboxylic acids is 1. The molecule has 0 atom stereocenters. The van der Waals surface area contributed by atoms with Crippen molar-refractivity contribution in [3.8, 4) is 5.75 Å². The van der Waals surface area contributed by atoms with E-state index in [0.29, 0.717) is 5.56 Å². The molecule has 0 aliphatic rings. The lowest BCUT2D eigenvalue weighted by molar-refractivity contribution is -0.137. The molecule has 1 heterocycles. The number of rotatable bonds is 4. The molecule has 112 valence electrons. The predicted octanol–water partition coefficient (Wildman–Crippen LogP) is 2.72. The molecule has 0 aliphatic carbocycles. The molecule has 0 amide bonds. The van der Waals surface area contributed by atoms with Crippen molar-refractivity contribution in [3.63, 3.8) is 0 Å². The van der Waals surface area contributed by atoms with Gasteiger partial charge in [0.25, 0.3) is 0 Å². The molecule has 0 unspecified atom stereocenters. The van der Waals surface area contributed by atoms with Crippen molar-refractivity contribution in [1.29, 1.82) is 0 Å². The molecule has 0 bridgehead atoms. The van der Waals surface area contributed by atoms with Gasteiger partial charge in [0.1, 0.15) is 12.4 Å². The Morgan fingerprint density at radius 3 is 2.48 bits per heavy atom. The number of aromatic carboxylic acids is 1. The zero-order valence-electron chi connectivity index (χ0n) is 10.9. The Morgan fingerprint density at radius 2 is 1.95 bits per heavy atom. The predicted molar refractivity (Wildman–Crippen MR) is 65.9 cm³/mol. The van der Waals surface area contributed by atoms with Gasteiger partial charge < -0.3 is 9.84 Å². The summed E-state index contributed by atoms with van der Waals surface area (Å²) < 4.78 is 43.7. The van der Waals surface area contributed by atoms with E-state index in [0.717, 1.165) is 12.1 Å². The number of ether oxygens (including phenoxy) is 1. The van der Waals surface area contributed by atoms with E-state index in [4.69, 9.17) is 9.84 Å². The number of carbonyl (C=O) groups is 1. The fourth-order valence-corrected chi connectivity index (χ4v) is 1.77. The third-order valence-corrected chi connectivity index (χ3v) is 2.79. The average Bonchev–Trinajstić information content (AvgIpc) is 2.77. The van der Waals surface area contributed by atoms with Gasteiger partial charge in [-0.1, -0.05) is 0 Å². The monoisotopic (exact) mass is 300 g/mol. The summed E-state index contributed by atoms with van der Waals surface area (Å²) in [6.45, 7) is -0.0964. The largest absolute Gasteiger partial charge is 0.489 e. The highest BCUT2D eigenvalue weighted by Crippen LogP contribution is 2.30. The minimum absolute atomic E-state index is 0.0260. The van der Waals surface area contributed by atoms with E-state index in [1.807, 2.05) is 0 Å². The minimum atomic E-state index is -4.40. The van der Waals surface area contributed by atoms with Crippen LogP contribution < -0.4 is 4.74 Å². The van der Waals surface area contributed by atoms with E-state index >= 15 is 0 Å². The zero-order chi connectivity index (χ0) is 15.6. The molecular weight excluding hydrogens is 289 g/mol. The molecule has 0 aliphatic heterocycles. The van der Waals surface area contributed by atoms with Gasteiger partial charge in [-0.05, 0) is 24.3 Å². The van der Waals surface area contributed by atoms with Crippen LogP contribution in [0.3, 0.4) is 0 Å². The van der Waals surface area contributed by atoms with Crippen LogP contribution in [-0.2, 0) is 19.8 Å². The van der Waals surface area contributed by atoms with Gasteiger partial charge in [0.05, 0.1) is 11.8 Å². The van der Waals surface area contributed by atoms with Crippen LogP contribution in [0.2, 0.25) is 0 Å². The maximum atomic E-state index is 12.4. The van der Waals surface area contributed by atoms with Crippen molar-refractivity contribution in [2.24, 2.45) is 7.05 Å². The first-order valence-electron chi connectivity index (χ1n) is 5.83. The van der Waals surface area contributed by atoms with Crippen LogP contribution in [0.15, 0.2) is 30.5 Å². The summed E-state index contributed by atoms with van der Waals surface area (Å²) >= 11 is 0. The molecule has 21 heavy (non-hydrogen) atoms. The first-order chi connectivity index (χ1) is 9.79. The van der Waals surface area contributed by atoms with Gasteiger partial charge >= 0.3 is 12.1 Å². The van der Waals surface area contributed by atoms with E-state index in [1.54, 1.807) is 0 Å². The second-order valence-corrected chi connectivity index (χ2v) is 4.26. The smallest absolute Gasteiger partial charge is 0.416 e. The SMILES string of the molecule is Cn1ncc(COc2ccc(C(F)(F)F)cc2)c1C(=O)O. The van der Waals surface area contributed by atoms with Gasteiger partial charge in [0.15, 0.2) is 5.69 Å². The first-order valence-corrected chi connectivity index (χ1v) is 5.83. The number of hydrogen-bond acceptors (Lipinski definition) is 3. The summed E-state index contributed by atoms with van der Waals surface area (Å²) in [6, 6.07) is 4.16. The molecule has 0 spiro atoms. The Bertz CT molecular complexity index is 648. The maximum Gasteiger partial charge on any atom is 0.416 e. The standard InChI is InChI=1S/C13H11F3N2O3/c1-18-11(12(19)20)8(6-17-18)7-21-10-4-2-9(3-5-10)13(14,15)16/h2-6H,7H2,1H3,(H,19,20). The highest BCUT2D eigenvalue weighted by Gasteiger charge is 2.30. The van der Waals surface area contributed by atoms with Crippen molar-refractivity contribution in [3.05, 3.63) is 47.3 Å². The molecule has 5 nitrogen and oxygen atoms in total. The summed E-state index contributed by atoms with van der Waals surface area (Å²) in [7, 11) is 1.48. The number of alkyl halides is 3. The second kappa shape index (κ2) is 5.47. The Balaban J connectivity index is 2.09. The molecular formula is C13H11F3N2O3. The maximum absolute atomic E-state index is 12.4. The van der Waals surface area contributed by atoms with Crippen LogP contribution in [0, 0.1) is 0 Å². The number of hydrogen-bond donors (Lipinski definition) is 1. The molecule has 0 radical (unpaired) electrons. The zero-order valence-corrected chi connectivity index (χ0v) is 10.9. The quantitative estimate of drug-likeness (QED) is 0.943. The second-order valence-electron chi connectivity index (χ2n) is 4.26. The van der Waals surface area contributed by atoms with Crippen molar-refractivity contribution < 1.29 is 27.8 Å². The van der Waals surface area contributed by atoms with Crippen molar-refractivity contribution in [1.82, 2.24) is 9.78 Å². The average molecular weight is 300 g/mol. The Kier molecular flexibility index (Phi) is 3.88. The normalized spacial score (nSPS) is 11.4. The first kappa shape index (κ1) is 14.9. The topological polar surface area (TPSA) is 64.4 Å². The van der Waals surface area contributed by atoms with E-state index in [2.05, 4.69) is 5.10 Å². The summed E-state index contributed by atoms with van der Waals surface area (Å²) in [5.74, 6) is -0.941.